The number of nitrogens with one attached hydrogen (secondary N) is 1. The lowest BCUT2D eigenvalue weighted by molar-refractivity contribution is 0.0358. The molecule has 1 aliphatic heterocycles. The Labute approximate surface area is 227 Å². The number of piperidine rings is 1. The summed E-state index contributed by atoms with van der Waals surface area (Å²) < 4.78 is 1.50. The Morgan fingerprint density at radius 2 is 2.00 bits per heavy atom. The first kappa shape index (κ1) is 24.6. The molecule has 0 aliphatic carbocycles. The summed E-state index contributed by atoms with van der Waals surface area (Å²) in [7, 11) is 0. The van der Waals surface area contributed by atoms with Crippen molar-refractivity contribution in [1.29, 1.82) is 5.26 Å². The number of anilines is 1. The molecule has 3 N–H and O–H groups in total. The largest absolute Gasteiger partial charge is 0.382 e. The molecule has 1 fully saturated rings. The molecule has 0 saturated carbocycles. The third kappa shape index (κ3) is 4.00. The highest BCUT2D eigenvalue weighted by Crippen LogP contribution is 2.43. The van der Waals surface area contributed by atoms with E-state index >= 15 is 0 Å². The third-order valence-corrected chi connectivity index (χ3v) is 8.18. The molecule has 2 unspecified atom stereocenters. The maximum Gasteiger partial charge on any atom is 0.291 e. The second kappa shape index (κ2) is 9.25. The van der Waals surface area contributed by atoms with Crippen molar-refractivity contribution in [1.82, 2.24) is 44.6 Å². The summed E-state index contributed by atoms with van der Waals surface area (Å²) in [4.78, 5) is 32.9. The SMILES string of the molecule is CC1CC(C)(c2nc3c(-c4ccc(-c5nccs5)nc4)cnn3c(N)c2C#N)CC(C)N1C(=O)c1ncn[nH]1. The maximum atomic E-state index is 13.1. The minimum Gasteiger partial charge on any atom is -0.382 e. The smallest absolute Gasteiger partial charge is 0.291 e. The van der Waals surface area contributed by atoms with E-state index in [1.54, 1.807) is 18.6 Å². The van der Waals surface area contributed by atoms with Crippen LogP contribution in [0.15, 0.2) is 42.4 Å². The van der Waals surface area contributed by atoms with E-state index in [9.17, 15) is 10.1 Å². The molecule has 5 aromatic rings. The van der Waals surface area contributed by atoms with Crippen molar-refractivity contribution in [2.45, 2.75) is 51.1 Å². The van der Waals surface area contributed by atoms with Crippen molar-refractivity contribution >= 4 is 28.7 Å². The first-order valence-electron chi connectivity index (χ1n) is 12.4. The second-order valence-electron chi connectivity index (χ2n) is 10.1. The van der Waals surface area contributed by atoms with Gasteiger partial charge in [0, 0.05) is 46.4 Å². The average Bonchev–Trinajstić information content (AvgIpc) is 3.70. The molecule has 196 valence electrons. The first-order chi connectivity index (χ1) is 18.8. The predicted molar refractivity (Wildman–Crippen MR) is 145 cm³/mol. The fourth-order valence-electron chi connectivity index (χ4n) is 5.84. The summed E-state index contributed by atoms with van der Waals surface area (Å²) in [5.41, 5.74) is 9.81. The van der Waals surface area contributed by atoms with Gasteiger partial charge in [0.05, 0.1) is 17.6 Å². The minimum absolute atomic E-state index is 0.144. The van der Waals surface area contributed by atoms with Gasteiger partial charge in [0.1, 0.15) is 28.8 Å². The lowest BCUT2D eigenvalue weighted by Gasteiger charge is -2.47. The van der Waals surface area contributed by atoms with Crippen LogP contribution in [0.2, 0.25) is 0 Å². The van der Waals surface area contributed by atoms with Crippen LogP contribution in [0, 0.1) is 11.3 Å². The number of amides is 1. The van der Waals surface area contributed by atoms with Crippen LogP contribution in [-0.2, 0) is 5.41 Å². The van der Waals surface area contributed by atoms with Gasteiger partial charge in [-0.25, -0.2) is 15.0 Å². The monoisotopic (exact) mass is 539 g/mol. The van der Waals surface area contributed by atoms with E-state index in [2.05, 4.69) is 43.2 Å². The van der Waals surface area contributed by atoms with E-state index in [1.807, 2.05) is 36.3 Å². The first-order valence-corrected chi connectivity index (χ1v) is 13.3. The molecule has 1 amide bonds. The molecule has 0 radical (unpaired) electrons. The molecule has 1 aliphatic rings. The van der Waals surface area contributed by atoms with Crippen LogP contribution in [0.3, 0.4) is 0 Å². The van der Waals surface area contributed by atoms with Crippen LogP contribution in [0.5, 0.6) is 0 Å². The highest BCUT2D eigenvalue weighted by molar-refractivity contribution is 7.13. The normalized spacial score (nSPS) is 21.2. The molecule has 6 heterocycles. The number of carbonyl (C=O) groups is 1. The van der Waals surface area contributed by atoms with E-state index in [1.165, 1.54) is 22.2 Å². The Morgan fingerprint density at radius 1 is 1.21 bits per heavy atom. The summed E-state index contributed by atoms with van der Waals surface area (Å²) in [5.74, 6) is 0.236. The number of fused-ring (bicyclic) bond motifs is 1. The number of nitriles is 1. The van der Waals surface area contributed by atoms with Gasteiger partial charge in [0.25, 0.3) is 5.91 Å². The molecule has 6 rings (SSSR count). The van der Waals surface area contributed by atoms with Gasteiger partial charge in [-0.15, -0.1) is 11.3 Å². The van der Waals surface area contributed by atoms with Gasteiger partial charge in [-0.2, -0.15) is 20.0 Å². The quantitative estimate of drug-likeness (QED) is 0.347. The topological polar surface area (TPSA) is 168 Å². The number of aromatic nitrogens is 8. The molecule has 0 spiro atoms. The number of carbonyl (C=O) groups excluding carboxylic acids is 1. The number of hydrogen-bond donors (Lipinski definition) is 2. The molecule has 13 heteroatoms. The average molecular weight is 540 g/mol. The second-order valence-corrected chi connectivity index (χ2v) is 11.0. The number of H-pyrrole nitrogens is 1. The van der Waals surface area contributed by atoms with Gasteiger partial charge < -0.3 is 10.6 Å². The maximum absolute atomic E-state index is 13.1. The fourth-order valence-corrected chi connectivity index (χ4v) is 6.45. The molecule has 1 saturated heterocycles. The van der Waals surface area contributed by atoms with E-state index in [-0.39, 0.29) is 29.6 Å². The molecule has 39 heavy (non-hydrogen) atoms. The lowest BCUT2D eigenvalue weighted by atomic mass is 9.70. The zero-order valence-electron chi connectivity index (χ0n) is 21.5. The molecule has 0 aromatic carbocycles. The molecule has 2 atom stereocenters. The zero-order valence-corrected chi connectivity index (χ0v) is 22.3. The Morgan fingerprint density at radius 3 is 2.62 bits per heavy atom. The van der Waals surface area contributed by atoms with Gasteiger partial charge in [-0.3, -0.25) is 14.9 Å². The highest BCUT2D eigenvalue weighted by Gasteiger charge is 2.45. The number of thiazole rings is 1. The Hall–Kier alpha value is -4.70. The number of nitrogen functional groups attached to an aromatic ring is 1. The van der Waals surface area contributed by atoms with E-state index in [0.717, 1.165) is 21.8 Å². The van der Waals surface area contributed by atoms with Crippen LogP contribution in [0.1, 0.15) is 55.5 Å². The molecular weight excluding hydrogens is 514 g/mol. The number of aromatic amines is 1. The van der Waals surface area contributed by atoms with Crippen molar-refractivity contribution in [3.8, 4) is 27.9 Å². The molecule has 12 nitrogen and oxygen atoms in total. The fraction of sp³-hybridized carbons (Fsp3) is 0.308. The van der Waals surface area contributed by atoms with Gasteiger partial charge >= 0.3 is 0 Å². The zero-order chi connectivity index (χ0) is 27.3. The van der Waals surface area contributed by atoms with Gasteiger partial charge in [-0.1, -0.05) is 13.0 Å². The third-order valence-electron chi connectivity index (χ3n) is 7.39. The number of nitrogens with two attached hydrogens (primary N) is 1. The van der Waals surface area contributed by atoms with Gasteiger partial charge in [-0.05, 0) is 32.8 Å². The molecule has 5 aromatic heterocycles. The van der Waals surface area contributed by atoms with Gasteiger partial charge in [0.2, 0.25) is 5.82 Å². The summed E-state index contributed by atoms with van der Waals surface area (Å²) in [6.07, 6.45) is 7.70. The number of likely N-dealkylation sites (tertiary alicyclic amines) is 1. The number of rotatable bonds is 4. The number of pyridine rings is 1. The number of hydrogen-bond acceptors (Lipinski definition) is 10. The van der Waals surface area contributed by atoms with Crippen LogP contribution < -0.4 is 5.73 Å². The molecule has 0 bridgehead atoms. The van der Waals surface area contributed by atoms with Crippen LogP contribution in [0.4, 0.5) is 5.82 Å². The Kier molecular flexibility index (Phi) is 5.84. The number of nitrogens with zero attached hydrogens (tertiary/aromatic N) is 9. The van der Waals surface area contributed by atoms with Crippen LogP contribution in [0.25, 0.3) is 27.5 Å². The van der Waals surface area contributed by atoms with Crippen molar-refractivity contribution < 1.29 is 4.79 Å². The van der Waals surface area contributed by atoms with Crippen LogP contribution >= 0.6 is 11.3 Å². The van der Waals surface area contributed by atoms with Gasteiger partial charge in [0.15, 0.2) is 5.65 Å². The predicted octanol–water partition coefficient (Wildman–Crippen LogP) is 3.46. The van der Waals surface area contributed by atoms with E-state index in [0.29, 0.717) is 29.7 Å². The van der Waals surface area contributed by atoms with E-state index in [4.69, 9.17) is 10.7 Å². The van der Waals surface area contributed by atoms with Crippen molar-refractivity contribution in [3.63, 3.8) is 0 Å². The summed E-state index contributed by atoms with van der Waals surface area (Å²) in [6.45, 7) is 6.07. The summed E-state index contributed by atoms with van der Waals surface area (Å²) in [5, 5.41) is 23.8. The Bertz CT molecular complexity index is 1690. The van der Waals surface area contributed by atoms with Crippen molar-refractivity contribution in [2.75, 3.05) is 5.73 Å². The van der Waals surface area contributed by atoms with Crippen molar-refractivity contribution in [3.05, 3.63) is 59.5 Å². The molecular formula is C26H25N11OS. The standard InChI is InChI=1S/C26H25N11OS/c1-14-8-26(3,9-15(2)36(14)25(38)22-31-13-32-35-22)20-17(10-27)21(28)37-23(34-20)18(12-33-37)16-4-5-19(30-11-16)24-29-6-7-39-24/h4-7,11-15H,8-9,28H2,1-3H3,(H,31,32,35). The summed E-state index contributed by atoms with van der Waals surface area (Å²) in [6, 6.07) is 5.85. The van der Waals surface area contributed by atoms with E-state index < -0.39 is 5.41 Å². The summed E-state index contributed by atoms with van der Waals surface area (Å²) >= 11 is 1.52. The van der Waals surface area contributed by atoms with Crippen LogP contribution in [-0.4, -0.2) is 62.6 Å². The Balaban J connectivity index is 1.40. The minimum atomic E-state index is -0.521. The lowest BCUT2D eigenvalue weighted by Crippen LogP contribution is -2.54. The van der Waals surface area contributed by atoms with Crippen molar-refractivity contribution in [2.24, 2.45) is 0 Å². The highest BCUT2D eigenvalue weighted by atomic mass is 32.1.